The highest BCUT2D eigenvalue weighted by atomic mass is 79.9. The van der Waals surface area contributed by atoms with Crippen molar-refractivity contribution in [3.05, 3.63) is 33.3 Å². The van der Waals surface area contributed by atoms with Crippen LogP contribution in [0.15, 0.2) is 22.7 Å². The number of nitrogens with one attached hydrogen (secondary N) is 1. The molecule has 1 aromatic carbocycles. The highest BCUT2D eigenvalue weighted by Crippen LogP contribution is 2.31. The molecule has 0 amide bonds. The van der Waals surface area contributed by atoms with Gasteiger partial charge in [0.15, 0.2) is 0 Å². The summed E-state index contributed by atoms with van der Waals surface area (Å²) in [5.74, 6) is 5.27. The van der Waals surface area contributed by atoms with Crippen molar-refractivity contribution >= 4 is 27.5 Å². The van der Waals surface area contributed by atoms with Crippen LogP contribution in [0.25, 0.3) is 0 Å². The Hall–Kier alpha value is -0.300. The van der Waals surface area contributed by atoms with Crippen molar-refractivity contribution in [2.45, 2.75) is 25.1 Å². The Morgan fingerprint density at radius 1 is 1.41 bits per heavy atom. The molecule has 0 fully saturated rings. The van der Waals surface area contributed by atoms with Crippen molar-refractivity contribution in [1.82, 2.24) is 5.43 Å². The van der Waals surface area contributed by atoms with Gasteiger partial charge < -0.3 is 0 Å². The van der Waals surface area contributed by atoms with Crippen LogP contribution >= 0.6 is 27.5 Å². The highest BCUT2D eigenvalue weighted by molar-refractivity contribution is 9.10. The topological polar surface area (TPSA) is 38.0 Å². The van der Waals surface area contributed by atoms with Crippen LogP contribution in [-0.2, 0) is 0 Å². The minimum Gasteiger partial charge on any atom is -0.271 e. The van der Waals surface area contributed by atoms with Gasteiger partial charge in [-0.2, -0.15) is 13.2 Å². The van der Waals surface area contributed by atoms with Crippen molar-refractivity contribution in [3.8, 4) is 0 Å². The second-order valence-corrected chi connectivity index (χ2v) is 4.83. The number of hydrogen-bond acceptors (Lipinski definition) is 2. The summed E-state index contributed by atoms with van der Waals surface area (Å²) >= 11 is 9.00. The van der Waals surface area contributed by atoms with Crippen LogP contribution in [0.4, 0.5) is 13.2 Å². The van der Waals surface area contributed by atoms with Gasteiger partial charge in [-0.3, -0.25) is 11.3 Å². The zero-order chi connectivity index (χ0) is 13.1. The molecule has 0 saturated carbocycles. The summed E-state index contributed by atoms with van der Waals surface area (Å²) in [6.07, 6.45) is -5.20. The largest absolute Gasteiger partial charge is 0.389 e. The van der Waals surface area contributed by atoms with Crippen molar-refractivity contribution < 1.29 is 13.2 Å². The first-order chi connectivity index (χ1) is 7.83. The normalized spacial score (nSPS) is 13.8. The van der Waals surface area contributed by atoms with Crippen molar-refractivity contribution in [2.75, 3.05) is 0 Å². The zero-order valence-corrected chi connectivity index (χ0v) is 11.0. The van der Waals surface area contributed by atoms with Crippen LogP contribution in [0.3, 0.4) is 0 Å². The summed E-state index contributed by atoms with van der Waals surface area (Å²) in [6.45, 7) is 0. The average molecular weight is 332 g/mol. The van der Waals surface area contributed by atoms with Crippen LogP contribution < -0.4 is 11.3 Å². The van der Waals surface area contributed by atoms with E-state index in [1.165, 1.54) is 0 Å². The van der Waals surface area contributed by atoms with Gasteiger partial charge in [0.25, 0.3) is 0 Å². The van der Waals surface area contributed by atoms with Gasteiger partial charge in [0.1, 0.15) is 0 Å². The quantitative estimate of drug-likeness (QED) is 0.647. The van der Waals surface area contributed by atoms with E-state index in [0.29, 0.717) is 15.1 Å². The van der Waals surface area contributed by atoms with Crippen LogP contribution in [0.5, 0.6) is 0 Å². The maximum Gasteiger partial charge on any atom is 0.389 e. The van der Waals surface area contributed by atoms with Gasteiger partial charge in [0.05, 0.1) is 0 Å². The predicted octanol–water partition coefficient (Wildman–Crippen LogP) is 3.95. The number of alkyl halides is 3. The molecule has 1 rings (SSSR count). The third-order valence-electron chi connectivity index (χ3n) is 2.26. The van der Waals surface area contributed by atoms with Gasteiger partial charge in [-0.15, -0.1) is 0 Å². The molecule has 0 radical (unpaired) electrons. The Bertz CT molecular complexity index is 384. The van der Waals surface area contributed by atoms with Gasteiger partial charge in [0, 0.05) is 22.0 Å². The van der Waals surface area contributed by atoms with Crippen LogP contribution in [-0.4, -0.2) is 6.18 Å². The Kier molecular flexibility index (Phi) is 5.24. The van der Waals surface area contributed by atoms with Gasteiger partial charge in [-0.1, -0.05) is 33.6 Å². The number of benzene rings is 1. The van der Waals surface area contributed by atoms with Gasteiger partial charge in [-0.05, 0) is 24.1 Å². The molecule has 7 heteroatoms. The summed E-state index contributed by atoms with van der Waals surface area (Å²) in [6, 6.07) is 4.31. The minimum atomic E-state index is -4.19. The van der Waals surface area contributed by atoms with E-state index >= 15 is 0 Å². The molecule has 0 saturated heterocycles. The van der Waals surface area contributed by atoms with Crippen molar-refractivity contribution in [2.24, 2.45) is 5.84 Å². The van der Waals surface area contributed by atoms with E-state index in [1.807, 2.05) is 0 Å². The SMILES string of the molecule is NNC(CCC(F)(F)F)c1ccc(Cl)cc1Br. The smallest absolute Gasteiger partial charge is 0.271 e. The van der Waals surface area contributed by atoms with E-state index in [1.54, 1.807) is 18.2 Å². The molecule has 1 unspecified atom stereocenters. The highest BCUT2D eigenvalue weighted by Gasteiger charge is 2.28. The summed E-state index contributed by atoms with van der Waals surface area (Å²) in [4.78, 5) is 0. The lowest BCUT2D eigenvalue weighted by Crippen LogP contribution is -2.29. The maximum absolute atomic E-state index is 12.1. The number of halogens is 5. The summed E-state index contributed by atoms with van der Waals surface area (Å²) in [5.41, 5.74) is 3.03. The molecule has 0 bridgehead atoms. The first kappa shape index (κ1) is 14.8. The number of rotatable bonds is 4. The molecule has 0 aliphatic rings. The standard InChI is InChI=1S/C10H11BrClF3N2/c11-8-5-6(12)1-2-7(8)9(17-16)3-4-10(13,14)15/h1-2,5,9,17H,3-4,16H2. The molecule has 0 aromatic heterocycles. The monoisotopic (exact) mass is 330 g/mol. The second kappa shape index (κ2) is 6.04. The first-order valence-corrected chi connectivity index (χ1v) is 5.98. The van der Waals surface area contributed by atoms with Gasteiger partial charge in [0.2, 0.25) is 0 Å². The number of hydrogen-bond donors (Lipinski definition) is 2. The number of nitrogens with two attached hydrogens (primary N) is 1. The van der Waals surface area contributed by atoms with E-state index in [9.17, 15) is 13.2 Å². The summed E-state index contributed by atoms with van der Waals surface area (Å²) in [7, 11) is 0. The maximum atomic E-state index is 12.1. The third kappa shape index (κ3) is 4.83. The fourth-order valence-electron chi connectivity index (χ4n) is 1.42. The lowest BCUT2D eigenvalue weighted by Gasteiger charge is -2.18. The lowest BCUT2D eigenvalue weighted by atomic mass is 10.0. The van der Waals surface area contributed by atoms with Crippen molar-refractivity contribution in [3.63, 3.8) is 0 Å². The fourth-order valence-corrected chi connectivity index (χ4v) is 2.38. The Morgan fingerprint density at radius 3 is 2.53 bits per heavy atom. The molecular weight excluding hydrogens is 320 g/mol. The fraction of sp³-hybridized carbons (Fsp3) is 0.400. The molecule has 1 aromatic rings. The van der Waals surface area contributed by atoms with Crippen LogP contribution in [0, 0.1) is 0 Å². The molecule has 3 N–H and O–H groups in total. The second-order valence-electron chi connectivity index (χ2n) is 3.54. The lowest BCUT2D eigenvalue weighted by molar-refractivity contribution is -0.136. The summed E-state index contributed by atoms with van der Waals surface area (Å²) < 4.78 is 37.0. The molecule has 1 atom stereocenters. The van der Waals surface area contributed by atoms with E-state index in [-0.39, 0.29) is 6.42 Å². The molecular formula is C10H11BrClF3N2. The van der Waals surface area contributed by atoms with Gasteiger partial charge in [-0.25, -0.2) is 0 Å². The minimum absolute atomic E-state index is 0.125. The Morgan fingerprint density at radius 2 is 2.06 bits per heavy atom. The predicted molar refractivity (Wildman–Crippen MR) is 64.5 cm³/mol. The molecule has 0 aliphatic heterocycles. The van der Waals surface area contributed by atoms with E-state index in [0.717, 1.165) is 0 Å². The Balaban J connectivity index is 2.79. The molecule has 0 heterocycles. The number of hydrazine groups is 1. The van der Waals surface area contributed by atoms with Gasteiger partial charge >= 0.3 is 6.18 Å². The van der Waals surface area contributed by atoms with E-state index in [2.05, 4.69) is 21.4 Å². The first-order valence-electron chi connectivity index (χ1n) is 4.81. The van der Waals surface area contributed by atoms with E-state index < -0.39 is 18.6 Å². The molecule has 2 nitrogen and oxygen atoms in total. The molecule has 0 spiro atoms. The molecule has 0 aliphatic carbocycles. The van der Waals surface area contributed by atoms with E-state index in [4.69, 9.17) is 17.4 Å². The molecule has 96 valence electrons. The third-order valence-corrected chi connectivity index (χ3v) is 3.18. The zero-order valence-electron chi connectivity index (χ0n) is 8.69. The van der Waals surface area contributed by atoms with Crippen LogP contribution in [0.1, 0.15) is 24.4 Å². The van der Waals surface area contributed by atoms with Crippen LogP contribution in [0.2, 0.25) is 5.02 Å². The average Bonchev–Trinajstić information content (AvgIpc) is 2.19. The molecule has 17 heavy (non-hydrogen) atoms. The summed E-state index contributed by atoms with van der Waals surface area (Å²) in [5, 5.41) is 0.507. The van der Waals surface area contributed by atoms with Crippen molar-refractivity contribution in [1.29, 1.82) is 0 Å². The Labute approximate surface area is 110 Å².